The Morgan fingerprint density at radius 3 is 2.62 bits per heavy atom. The van der Waals surface area contributed by atoms with Gasteiger partial charge in [-0.25, -0.2) is 4.79 Å². The summed E-state index contributed by atoms with van der Waals surface area (Å²) in [5, 5.41) is 20.2. The van der Waals surface area contributed by atoms with E-state index in [4.69, 9.17) is 16.7 Å². The molecule has 108 valence electrons. The number of nitrogens with zero attached hydrogens (tertiary/aromatic N) is 1. The fourth-order valence-electron chi connectivity index (χ4n) is 1.58. The fourth-order valence-corrected chi connectivity index (χ4v) is 3.29. The lowest BCUT2D eigenvalue weighted by molar-refractivity contribution is -0.387. The molecule has 0 amide bonds. The average Bonchev–Trinajstić information content (AvgIpc) is 2.40. The zero-order valence-electron chi connectivity index (χ0n) is 10.2. The highest BCUT2D eigenvalue weighted by atomic mass is 79.9. The van der Waals surface area contributed by atoms with Crippen molar-refractivity contribution in [3.8, 4) is 0 Å². The van der Waals surface area contributed by atoms with Gasteiger partial charge in [0.25, 0.3) is 5.69 Å². The van der Waals surface area contributed by atoms with E-state index in [9.17, 15) is 14.9 Å². The Kier molecular flexibility index (Phi) is 4.87. The summed E-state index contributed by atoms with van der Waals surface area (Å²) in [4.78, 5) is 22.5. The average molecular weight is 389 g/mol. The van der Waals surface area contributed by atoms with Crippen molar-refractivity contribution in [2.24, 2.45) is 0 Å². The van der Waals surface area contributed by atoms with Crippen molar-refractivity contribution in [1.29, 1.82) is 0 Å². The fraction of sp³-hybridized carbons (Fsp3) is 0. The third-order valence-corrected chi connectivity index (χ3v) is 4.37. The van der Waals surface area contributed by atoms with Gasteiger partial charge in [-0.3, -0.25) is 10.1 Å². The first kappa shape index (κ1) is 15.8. The lowest BCUT2D eigenvalue weighted by atomic mass is 10.2. The molecule has 2 rings (SSSR count). The monoisotopic (exact) mass is 387 g/mol. The second-order valence-electron chi connectivity index (χ2n) is 3.92. The third kappa shape index (κ3) is 3.75. The molecule has 0 fully saturated rings. The van der Waals surface area contributed by atoms with E-state index in [-0.39, 0.29) is 16.3 Å². The van der Waals surface area contributed by atoms with Gasteiger partial charge in [-0.05, 0) is 30.3 Å². The van der Waals surface area contributed by atoms with Crippen LogP contribution in [-0.4, -0.2) is 16.0 Å². The van der Waals surface area contributed by atoms with Crippen LogP contribution in [0.3, 0.4) is 0 Å². The molecule has 0 aliphatic heterocycles. The van der Waals surface area contributed by atoms with Crippen LogP contribution >= 0.6 is 39.3 Å². The Bertz CT molecular complexity index is 738. The van der Waals surface area contributed by atoms with Gasteiger partial charge in [0.1, 0.15) is 0 Å². The van der Waals surface area contributed by atoms with Crippen LogP contribution in [0.1, 0.15) is 10.4 Å². The molecule has 0 heterocycles. The van der Waals surface area contributed by atoms with Gasteiger partial charge in [0.05, 0.1) is 20.4 Å². The standard InChI is InChI=1S/C13H7BrClNO4S/c14-7-1-4-11(16(19)20)12(5-7)21-8-2-3-10(15)9(6-8)13(17)18/h1-6H,(H,17,18). The summed E-state index contributed by atoms with van der Waals surface area (Å²) in [6.45, 7) is 0. The van der Waals surface area contributed by atoms with E-state index in [1.165, 1.54) is 18.2 Å². The van der Waals surface area contributed by atoms with Crippen molar-refractivity contribution in [2.75, 3.05) is 0 Å². The number of hydrogen-bond donors (Lipinski definition) is 1. The third-order valence-electron chi connectivity index (χ3n) is 2.51. The molecular formula is C13H7BrClNO4S. The van der Waals surface area contributed by atoms with E-state index >= 15 is 0 Å². The molecule has 0 saturated carbocycles. The van der Waals surface area contributed by atoms with Gasteiger partial charge in [-0.2, -0.15) is 0 Å². The molecule has 0 aliphatic rings. The molecule has 1 N–H and O–H groups in total. The van der Waals surface area contributed by atoms with E-state index in [1.54, 1.807) is 18.2 Å². The van der Waals surface area contributed by atoms with E-state index in [0.717, 1.165) is 11.8 Å². The first-order chi connectivity index (χ1) is 9.88. The molecule has 2 aromatic carbocycles. The molecule has 0 saturated heterocycles. The summed E-state index contributed by atoms with van der Waals surface area (Å²) >= 11 is 10.2. The van der Waals surface area contributed by atoms with E-state index in [1.807, 2.05) is 0 Å². The molecule has 0 bridgehead atoms. The Labute approximate surface area is 137 Å². The first-order valence-electron chi connectivity index (χ1n) is 5.53. The van der Waals surface area contributed by atoms with Gasteiger partial charge >= 0.3 is 5.97 Å². The maximum Gasteiger partial charge on any atom is 0.337 e. The summed E-state index contributed by atoms with van der Waals surface area (Å²) < 4.78 is 0.697. The van der Waals surface area contributed by atoms with Crippen LogP contribution in [0, 0.1) is 10.1 Å². The highest BCUT2D eigenvalue weighted by molar-refractivity contribution is 9.10. The molecule has 2 aromatic rings. The summed E-state index contributed by atoms with van der Waals surface area (Å²) in [7, 11) is 0. The zero-order valence-corrected chi connectivity index (χ0v) is 13.4. The number of hydrogen-bond acceptors (Lipinski definition) is 4. The van der Waals surface area contributed by atoms with Crippen LogP contribution in [0.15, 0.2) is 50.7 Å². The first-order valence-corrected chi connectivity index (χ1v) is 7.52. The van der Waals surface area contributed by atoms with Crippen molar-refractivity contribution in [3.05, 3.63) is 61.6 Å². The van der Waals surface area contributed by atoms with Gasteiger partial charge < -0.3 is 5.11 Å². The Hall–Kier alpha value is -1.57. The Morgan fingerprint density at radius 2 is 2.00 bits per heavy atom. The maximum absolute atomic E-state index is 11.0. The van der Waals surface area contributed by atoms with Crippen molar-refractivity contribution in [1.82, 2.24) is 0 Å². The van der Waals surface area contributed by atoms with Crippen molar-refractivity contribution in [2.45, 2.75) is 9.79 Å². The molecule has 0 spiro atoms. The second-order valence-corrected chi connectivity index (χ2v) is 6.36. The van der Waals surface area contributed by atoms with E-state index < -0.39 is 10.9 Å². The number of halogens is 2. The summed E-state index contributed by atoms with van der Waals surface area (Å²) in [6.07, 6.45) is 0. The second kappa shape index (κ2) is 6.46. The molecular weight excluding hydrogens is 382 g/mol. The number of nitro benzene ring substituents is 1. The zero-order chi connectivity index (χ0) is 15.6. The number of benzene rings is 2. The van der Waals surface area contributed by atoms with Gasteiger partial charge in [0.15, 0.2) is 0 Å². The minimum Gasteiger partial charge on any atom is -0.478 e. The maximum atomic E-state index is 11.0. The van der Waals surface area contributed by atoms with Crippen LogP contribution < -0.4 is 0 Å². The normalized spacial score (nSPS) is 10.4. The van der Waals surface area contributed by atoms with Crippen LogP contribution in [0.4, 0.5) is 5.69 Å². The number of rotatable bonds is 4. The minimum absolute atomic E-state index is 0.0423. The van der Waals surface area contributed by atoms with Crippen molar-refractivity contribution in [3.63, 3.8) is 0 Å². The van der Waals surface area contributed by atoms with Crippen LogP contribution in [0.2, 0.25) is 5.02 Å². The predicted octanol–water partition coefficient (Wildman–Crippen LogP) is 4.86. The lowest BCUT2D eigenvalue weighted by Crippen LogP contribution is -1.97. The topological polar surface area (TPSA) is 80.4 Å². The molecule has 0 radical (unpaired) electrons. The summed E-state index contributed by atoms with van der Waals surface area (Å²) in [5.41, 5.74) is -0.0886. The largest absolute Gasteiger partial charge is 0.478 e. The number of nitro groups is 1. The van der Waals surface area contributed by atoms with Gasteiger partial charge in [-0.15, -0.1) is 0 Å². The van der Waals surface area contributed by atoms with Crippen molar-refractivity contribution < 1.29 is 14.8 Å². The summed E-state index contributed by atoms with van der Waals surface area (Å²) in [5.74, 6) is -1.15. The summed E-state index contributed by atoms with van der Waals surface area (Å²) in [6, 6.07) is 9.03. The van der Waals surface area contributed by atoms with Crippen LogP contribution in [0.5, 0.6) is 0 Å². The molecule has 8 heteroatoms. The van der Waals surface area contributed by atoms with Crippen LogP contribution in [-0.2, 0) is 0 Å². The molecule has 0 atom stereocenters. The molecule has 21 heavy (non-hydrogen) atoms. The Balaban J connectivity index is 2.43. The SMILES string of the molecule is O=C(O)c1cc(Sc2cc(Br)ccc2[N+](=O)[O-])ccc1Cl. The van der Waals surface area contributed by atoms with Crippen LogP contribution in [0.25, 0.3) is 0 Å². The quantitative estimate of drug-likeness (QED) is 0.597. The predicted molar refractivity (Wildman–Crippen MR) is 83.3 cm³/mol. The number of carboxylic acid groups (broad SMARTS) is 1. The highest BCUT2D eigenvalue weighted by Gasteiger charge is 2.16. The molecule has 0 aromatic heterocycles. The molecule has 0 aliphatic carbocycles. The van der Waals surface area contributed by atoms with Gasteiger partial charge in [-0.1, -0.05) is 39.3 Å². The highest BCUT2D eigenvalue weighted by Crippen LogP contribution is 2.37. The van der Waals surface area contributed by atoms with Gasteiger partial charge in [0, 0.05) is 15.4 Å². The van der Waals surface area contributed by atoms with E-state index in [2.05, 4.69) is 15.9 Å². The lowest BCUT2D eigenvalue weighted by Gasteiger charge is -2.06. The minimum atomic E-state index is -1.15. The number of carbonyl (C=O) groups is 1. The number of carboxylic acids is 1. The molecule has 0 unspecified atom stereocenters. The number of aromatic carboxylic acids is 1. The van der Waals surface area contributed by atoms with Gasteiger partial charge in [0.2, 0.25) is 0 Å². The Morgan fingerprint density at radius 1 is 1.29 bits per heavy atom. The molecule has 5 nitrogen and oxygen atoms in total. The smallest absolute Gasteiger partial charge is 0.337 e. The van der Waals surface area contributed by atoms with E-state index in [0.29, 0.717) is 14.3 Å². The van der Waals surface area contributed by atoms with Crippen molar-refractivity contribution >= 4 is 50.9 Å².